The van der Waals surface area contributed by atoms with Gasteiger partial charge in [0, 0.05) is 24.5 Å². The van der Waals surface area contributed by atoms with Gasteiger partial charge in [-0.1, -0.05) is 0 Å². The number of aromatic nitrogens is 1. The highest BCUT2D eigenvalue weighted by Gasteiger charge is 2.38. The van der Waals surface area contributed by atoms with E-state index in [1.54, 1.807) is 12.4 Å². The topological polar surface area (TPSA) is 36.4 Å². The van der Waals surface area contributed by atoms with Gasteiger partial charge in [0.05, 0.1) is 5.56 Å². The van der Waals surface area contributed by atoms with Gasteiger partial charge in [0.25, 0.3) is 5.91 Å². The van der Waals surface area contributed by atoms with Crippen molar-refractivity contribution in [2.24, 2.45) is 0 Å². The third-order valence-electron chi connectivity index (χ3n) is 4.16. The number of carbonyl (C=O) groups is 1. The number of carbonyl (C=O) groups excluding carboxylic acids is 1. The highest BCUT2D eigenvalue weighted by molar-refractivity contribution is 5.94. The average molecular weight is 259 g/mol. The molecule has 19 heavy (non-hydrogen) atoms. The lowest BCUT2D eigenvalue weighted by atomic mass is 10.0. The maximum absolute atomic E-state index is 12.7. The molecule has 0 bridgehead atoms. The van der Waals surface area contributed by atoms with Crippen molar-refractivity contribution in [2.45, 2.75) is 37.8 Å². The Morgan fingerprint density at radius 2 is 1.95 bits per heavy atom. The number of piperidine rings is 1. The fraction of sp³-hybridized carbons (Fsp3) is 0.600. The Balaban J connectivity index is 1.76. The number of pyridine rings is 1. The molecule has 1 amide bonds. The van der Waals surface area contributed by atoms with E-state index in [1.165, 1.54) is 12.8 Å². The van der Waals surface area contributed by atoms with Gasteiger partial charge in [-0.2, -0.15) is 0 Å². The Bertz CT molecular complexity index is 436. The Kier molecular flexibility index (Phi) is 3.51. The van der Waals surface area contributed by atoms with Gasteiger partial charge in [0.1, 0.15) is 0 Å². The number of rotatable bonds is 3. The number of nitrogens with zero attached hydrogens (tertiary/aromatic N) is 3. The second-order valence-corrected chi connectivity index (χ2v) is 5.72. The van der Waals surface area contributed by atoms with Crippen molar-refractivity contribution >= 4 is 5.91 Å². The molecule has 1 saturated heterocycles. The molecule has 3 rings (SSSR count). The second-order valence-electron chi connectivity index (χ2n) is 5.72. The summed E-state index contributed by atoms with van der Waals surface area (Å²) in [6.45, 7) is 2.18. The monoisotopic (exact) mass is 259 g/mol. The molecule has 1 saturated carbocycles. The third kappa shape index (κ3) is 2.78. The summed E-state index contributed by atoms with van der Waals surface area (Å²) in [6.07, 6.45) is 7.93. The molecule has 1 aliphatic heterocycles. The van der Waals surface area contributed by atoms with Crippen LogP contribution in [-0.2, 0) is 0 Å². The minimum Gasteiger partial charge on any atom is -0.333 e. The lowest BCUT2D eigenvalue weighted by Gasteiger charge is -2.37. The minimum atomic E-state index is 0.171. The molecule has 1 aromatic rings. The van der Waals surface area contributed by atoms with Gasteiger partial charge in [0.15, 0.2) is 0 Å². The third-order valence-corrected chi connectivity index (χ3v) is 4.16. The lowest BCUT2D eigenvalue weighted by Crippen LogP contribution is -2.47. The van der Waals surface area contributed by atoms with E-state index in [1.807, 2.05) is 12.1 Å². The molecule has 0 spiro atoms. The molecule has 1 aromatic heterocycles. The van der Waals surface area contributed by atoms with Gasteiger partial charge in [-0.25, -0.2) is 0 Å². The SMILES string of the molecule is CN1CCC(N(C(=O)c2cccnc2)C2CC2)CC1. The number of likely N-dealkylation sites (tertiary alicyclic amines) is 1. The Morgan fingerprint density at radius 1 is 1.26 bits per heavy atom. The van der Waals surface area contributed by atoms with Gasteiger partial charge >= 0.3 is 0 Å². The van der Waals surface area contributed by atoms with Crippen molar-refractivity contribution in [2.75, 3.05) is 20.1 Å². The highest BCUT2D eigenvalue weighted by Crippen LogP contribution is 2.32. The van der Waals surface area contributed by atoms with Crippen LogP contribution in [0.15, 0.2) is 24.5 Å². The summed E-state index contributed by atoms with van der Waals surface area (Å²) in [7, 11) is 2.15. The molecule has 0 N–H and O–H groups in total. The van der Waals surface area contributed by atoms with Gasteiger partial charge in [-0.15, -0.1) is 0 Å². The van der Waals surface area contributed by atoms with Crippen LogP contribution in [0.2, 0.25) is 0 Å². The van der Waals surface area contributed by atoms with E-state index in [0.717, 1.165) is 31.5 Å². The predicted molar refractivity (Wildman–Crippen MR) is 73.9 cm³/mol. The quantitative estimate of drug-likeness (QED) is 0.830. The normalized spacial score (nSPS) is 21.3. The molecule has 1 aliphatic carbocycles. The summed E-state index contributed by atoms with van der Waals surface area (Å²) in [4.78, 5) is 21.2. The number of hydrogen-bond donors (Lipinski definition) is 0. The molecule has 0 radical (unpaired) electrons. The van der Waals surface area contributed by atoms with Crippen LogP contribution in [0.3, 0.4) is 0 Å². The van der Waals surface area contributed by atoms with E-state index in [-0.39, 0.29) is 5.91 Å². The van der Waals surface area contributed by atoms with Crippen molar-refractivity contribution in [3.05, 3.63) is 30.1 Å². The molecule has 2 heterocycles. The van der Waals surface area contributed by atoms with E-state index < -0.39 is 0 Å². The minimum absolute atomic E-state index is 0.171. The van der Waals surface area contributed by atoms with Crippen LogP contribution >= 0.6 is 0 Å². The molecule has 0 atom stereocenters. The smallest absolute Gasteiger partial charge is 0.255 e. The van der Waals surface area contributed by atoms with Crippen LogP contribution in [0.5, 0.6) is 0 Å². The van der Waals surface area contributed by atoms with Crippen molar-refractivity contribution in [3.8, 4) is 0 Å². The first-order valence-corrected chi connectivity index (χ1v) is 7.17. The van der Waals surface area contributed by atoms with E-state index in [4.69, 9.17) is 0 Å². The first kappa shape index (κ1) is 12.6. The van der Waals surface area contributed by atoms with Crippen LogP contribution in [0, 0.1) is 0 Å². The summed E-state index contributed by atoms with van der Waals surface area (Å²) in [5.74, 6) is 0.171. The Hall–Kier alpha value is -1.42. The maximum atomic E-state index is 12.7. The predicted octanol–water partition coefficient (Wildman–Crippen LogP) is 1.78. The molecule has 2 aliphatic rings. The van der Waals surface area contributed by atoms with E-state index in [0.29, 0.717) is 12.1 Å². The molecule has 2 fully saturated rings. The van der Waals surface area contributed by atoms with Crippen LogP contribution in [0.1, 0.15) is 36.0 Å². The largest absolute Gasteiger partial charge is 0.333 e. The van der Waals surface area contributed by atoms with Gasteiger partial charge in [-0.05, 0) is 58.0 Å². The van der Waals surface area contributed by atoms with E-state index in [9.17, 15) is 4.79 Å². The maximum Gasteiger partial charge on any atom is 0.255 e. The van der Waals surface area contributed by atoms with Crippen LogP contribution in [0.25, 0.3) is 0 Å². The molecule has 0 unspecified atom stereocenters. The molecule has 0 aromatic carbocycles. The average Bonchev–Trinajstić information content (AvgIpc) is 3.27. The van der Waals surface area contributed by atoms with Crippen molar-refractivity contribution in [1.82, 2.24) is 14.8 Å². The number of hydrogen-bond acceptors (Lipinski definition) is 3. The fourth-order valence-electron chi connectivity index (χ4n) is 2.89. The van der Waals surface area contributed by atoms with Crippen molar-refractivity contribution in [1.29, 1.82) is 0 Å². The first-order chi connectivity index (χ1) is 9.25. The first-order valence-electron chi connectivity index (χ1n) is 7.17. The summed E-state index contributed by atoms with van der Waals surface area (Å²) < 4.78 is 0. The van der Waals surface area contributed by atoms with Crippen molar-refractivity contribution in [3.63, 3.8) is 0 Å². The molecule has 102 valence electrons. The van der Waals surface area contributed by atoms with E-state index >= 15 is 0 Å². The Labute approximate surface area is 114 Å². The molecule has 4 nitrogen and oxygen atoms in total. The molecular weight excluding hydrogens is 238 g/mol. The van der Waals surface area contributed by atoms with Gasteiger partial charge in [-0.3, -0.25) is 9.78 Å². The zero-order valence-electron chi connectivity index (χ0n) is 11.5. The lowest BCUT2D eigenvalue weighted by molar-refractivity contribution is 0.0569. The fourth-order valence-corrected chi connectivity index (χ4v) is 2.89. The second kappa shape index (κ2) is 5.29. The summed E-state index contributed by atoms with van der Waals surface area (Å²) in [5, 5.41) is 0. The molecular formula is C15H21N3O. The van der Waals surface area contributed by atoms with Gasteiger partial charge in [0.2, 0.25) is 0 Å². The zero-order valence-corrected chi connectivity index (χ0v) is 11.5. The van der Waals surface area contributed by atoms with Crippen LogP contribution in [0.4, 0.5) is 0 Å². The van der Waals surface area contributed by atoms with E-state index in [2.05, 4.69) is 21.8 Å². The van der Waals surface area contributed by atoms with Gasteiger partial charge < -0.3 is 9.80 Å². The van der Waals surface area contributed by atoms with Crippen LogP contribution < -0.4 is 0 Å². The standard InChI is InChI=1S/C15H21N3O/c1-17-9-6-14(7-10-17)18(13-4-5-13)15(19)12-3-2-8-16-11-12/h2-3,8,11,13-14H,4-7,9-10H2,1H3. The van der Waals surface area contributed by atoms with Crippen LogP contribution in [-0.4, -0.2) is 52.9 Å². The zero-order chi connectivity index (χ0) is 13.2. The summed E-state index contributed by atoms with van der Waals surface area (Å²) >= 11 is 0. The molecule has 4 heteroatoms. The summed E-state index contributed by atoms with van der Waals surface area (Å²) in [6, 6.07) is 4.60. The Morgan fingerprint density at radius 3 is 2.53 bits per heavy atom. The van der Waals surface area contributed by atoms with Crippen molar-refractivity contribution < 1.29 is 4.79 Å². The number of amides is 1. The summed E-state index contributed by atoms with van der Waals surface area (Å²) in [5.41, 5.74) is 0.730. The highest BCUT2D eigenvalue weighted by atomic mass is 16.2.